The number of nitrogens with zero attached hydrogens (tertiary/aromatic N) is 4. The Labute approximate surface area is 187 Å². The minimum atomic E-state index is -0.147. The van der Waals surface area contributed by atoms with E-state index in [0.29, 0.717) is 17.8 Å². The number of aliphatic hydroxyl groups excluding tert-OH is 1. The van der Waals surface area contributed by atoms with Gasteiger partial charge in [-0.25, -0.2) is 9.97 Å². The fourth-order valence-electron chi connectivity index (χ4n) is 4.83. The highest BCUT2D eigenvalue weighted by Crippen LogP contribution is 2.28. The third kappa shape index (κ3) is 6.62. The molecular formula is C24H41N5O2. The van der Waals surface area contributed by atoms with Crippen molar-refractivity contribution in [2.45, 2.75) is 90.8 Å². The fraction of sp³-hybridized carbons (Fsp3) is 0.792. The highest BCUT2D eigenvalue weighted by Gasteiger charge is 2.28. The van der Waals surface area contributed by atoms with Gasteiger partial charge in [0, 0.05) is 50.1 Å². The van der Waals surface area contributed by atoms with Crippen LogP contribution in [0.1, 0.15) is 78.2 Å². The fourth-order valence-corrected chi connectivity index (χ4v) is 4.83. The lowest BCUT2D eigenvalue weighted by Gasteiger charge is -2.41. The summed E-state index contributed by atoms with van der Waals surface area (Å²) in [5, 5.41) is 12.7. The second kappa shape index (κ2) is 10.3. The third-order valence-corrected chi connectivity index (χ3v) is 6.77. The van der Waals surface area contributed by atoms with E-state index in [1.54, 1.807) is 6.92 Å². The lowest BCUT2D eigenvalue weighted by atomic mass is 9.84. The molecule has 2 heterocycles. The third-order valence-electron chi connectivity index (χ3n) is 6.77. The van der Waals surface area contributed by atoms with Crippen LogP contribution >= 0.6 is 0 Å². The van der Waals surface area contributed by atoms with Gasteiger partial charge in [-0.15, -0.1) is 0 Å². The summed E-state index contributed by atoms with van der Waals surface area (Å²) >= 11 is 0. The van der Waals surface area contributed by atoms with E-state index in [0.717, 1.165) is 56.6 Å². The number of amides is 1. The topological polar surface area (TPSA) is 81.6 Å². The van der Waals surface area contributed by atoms with Gasteiger partial charge in [-0.05, 0) is 51.5 Å². The Kier molecular flexibility index (Phi) is 7.92. The van der Waals surface area contributed by atoms with E-state index in [2.05, 4.69) is 47.8 Å². The van der Waals surface area contributed by atoms with Gasteiger partial charge in [-0.2, -0.15) is 0 Å². The maximum absolute atomic E-state index is 11.3. The van der Waals surface area contributed by atoms with E-state index < -0.39 is 0 Å². The number of rotatable bonds is 6. The van der Waals surface area contributed by atoms with Crippen molar-refractivity contribution < 1.29 is 9.90 Å². The van der Waals surface area contributed by atoms with E-state index in [4.69, 9.17) is 4.98 Å². The average molecular weight is 432 g/mol. The van der Waals surface area contributed by atoms with Crippen LogP contribution in [-0.4, -0.2) is 64.1 Å². The van der Waals surface area contributed by atoms with E-state index in [1.807, 2.05) is 6.07 Å². The van der Waals surface area contributed by atoms with E-state index >= 15 is 0 Å². The van der Waals surface area contributed by atoms with Crippen molar-refractivity contribution >= 4 is 11.7 Å². The Hall–Kier alpha value is -1.73. The molecule has 1 unspecified atom stereocenters. The van der Waals surface area contributed by atoms with Crippen LogP contribution in [0.15, 0.2) is 6.07 Å². The Morgan fingerprint density at radius 2 is 1.90 bits per heavy atom. The van der Waals surface area contributed by atoms with Crippen molar-refractivity contribution in [1.29, 1.82) is 0 Å². The molecule has 1 saturated heterocycles. The molecule has 1 aromatic rings. The molecule has 0 aromatic carbocycles. The van der Waals surface area contributed by atoms with Gasteiger partial charge in [0.2, 0.25) is 5.91 Å². The number of aliphatic hydroxyl groups is 1. The molecule has 174 valence electrons. The van der Waals surface area contributed by atoms with Gasteiger partial charge in [0.25, 0.3) is 0 Å². The van der Waals surface area contributed by atoms with Crippen LogP contribution in [0.2, 0.25) is 0 Å². The standard InChI is InChI=1S/C24H41N5O2/c1-17-15-29(22-14-21(16-30)26-23(27-22)24(3,4)5)13-12-28(17)11-10-19-6-8-20(9-7-19)25-18(2)31/h14,17,19-20,30H,6-13,15-16H2,1-5H3,(H,25,31). The molecule has 31 heavy (non-hydrogen) atoms. The van der Waals surface area contributed by atoms with Crippen LogP contribution in [0.3, 0.4) is 0 Å². The van der Waals surface area contributed by atoms with Crippen molar-refractivity contribution in [3.63, 3.8) is 0 Å². The van der Waals surface area contributed by atoms with Gasteiger partial charge in [0.05, 0.1) is 12.3 Å². The zero-order valence-electron chi connectivity index (χ0n) is 20.0. The molecule has 0 bridgehead atoms. The molecule has 3 rings (SSSR count). The molecule has 2 N–H and O–H groups in total. The number of carbonyl (C=O) groups excluding carboxylic acids is 1. The Balaban J connectivity index is 1.52. The lowest BCUT2D eigenvalue weighted by molar-refractivity contribution is -0.119. The predicted molar refractivity (Wildman–Crippen MR) is 124 cm³/mol. The molecule has 1 atom stereocenters. The quantitative estimate of drug-likeness (QED) is 0.721. The summed E-state index contributed by atoms with van der Waals surface area (Å²) in [5.74, 6) is 2.60. The minimum absolute atomic E-state index is 0.0572. The SMILES string of the molecule is CC(=O)NC1CCC(CCN2CCN(c3cc(CO)nc(C(C)(C)C)n3)CC2C)CC1. The van der Waals surface area contributed by atoms with Crippen LogP contribution in [0, 0.1) is 5.92 Å². The normalized spacial score (nSPS) is 25.5. The van der Waals surface area contributed by atoms with Crippen LogP contribution in [-0.2, 0) is 16.8 Å². The number of aromatic nitrogens is 2. The zero-order valence-corrected chi connectivity index (χ0v) is 20.0. The molecule has 2 aliphatic rings. The Morgan fingerprint density at radius 3 is 2.48 bits per heavy atom. The molecule has 1 aromatic heterocycles. The molecule has 7 nitrogen and oxygen atoms in total. The number of nitrogens with one attached hydrogen (secondary N) is 1. The van der Waals surface area contributed by atoms with Gasteiger partial charge in [0.1, 0.15) is 11.6 Å². The Morgan fingerprint density at radius 1 is 1.19 bits per heavy atom. The first-order valence-electron chi connectivity index (χ1n) is 11.9. The summed E-state index contributed by atoms with van der Waals surface area (Å²) in [4.78, 5) is 25.6. The second-order valence-corrected chi connectivity index (χ2v) is 10.5. The number of anilines is 1. The maximum Gasteiger partial charge on any atom is 0.217 e. The number of carbonyl (C=O) groups is 1. The van der Waals surface area contributed by atoms with E-state index in [-0.39, 0.29) is 17.9 Å². The maximum atomic E-state index is 11.3. The van der Waals surface area contributed by atoms with Crippen molar-refractivity contribution in [2.75, 3.05) is 31.1 Å². The first-order chi connectivity index (χ1) is 14.7. The van der Waals surface area contributed by atoms with E-state index in [1.165, 1.54) is 19.3 Å². The minimum Gasteiger partial charge on any atom is -0.390 e. The van der Waals surface area contributed by atoms with Gasteiger partial charge in [-0.1, -0.05) is 20.8 Å². The lowest BCUT2D eigenvalue weighted by Crippen LogP contribution is -2.52. The predicted octanol–water partition coefficient (Wildman–Crippen LogP) is 2.86. The van der Waals surface area contributed by atoms with Gasteiger partial charge < -0.3 is 15.3 Å². The van der Waals surface area contributed by atoms with Crippen molar-refractivity contribution in [1.82, 2.24) is 20.2 Å². The first kappa shape index (κ1) is 23.9. The molecular weight excluding hydrogens is 390 g/mol. The van der Waals surface area contributed by atoms with E-state index in [9.17, 15) is 9.90 Å². The molecule has 0 spiro atoms. The molecule has 7 heteroatoms. The number of piperazine rings is 1. The van der Waals surface area contributed by atoms with Crippen LogP contribution < -0.4 is 10.2 Å². The average Bonchev–Trinajstić information content (AvgIpc) is 2.72. The largest absolute Gasteiger partial charge is 0.390 e. The summed E-state index contributed by atoms with van der Waals surface area (Å²) in [7, 11) is 0. The van der Waals surface area contributed by atoms with Crippen LogP contribution in [0.5, 0.6) is 0 Å². The van der Waals surface area contributed by atoms with Crippen molar-refractivity contribution in [2.24, 2.45) is 5.92 Å². The number of hydrogen-bond acceptors (Lipinski definition) is 6. The van der Waals surface area contributed by atoms with Crippen molar-refractivity contribution in [3.8, 4) is 0 Å². The van der Waals surface area contributed by atoms with Crippen LogP contribution in [0.4, 0.5) is 5.82 Å². The molecule has 1 amide bonds. The molecule has 1 aliphatic carbocycles. The number of hydrogen-bond donors (Lipinski definition) is 2. The molecule has 0 radical (unpaired) electrons. The highest BCUT2D eigenvalue weighted by atomic mass is 16.3. The van der Waals surface area contributed by atoms with Gasteiger partial charge >= 0.3 is 0 Å². The molecule has 1 saturated carbocycles. The van der Waals surface area contributed by atoms with Crippen LogP contribution in [0.25, 0.3) is 0 Å². The summed E-state index contributed by atoms with van der Waals surface area (Å²) in [6, 6.07) is 2.78. The smallest absolute Gasteiger partial charge is 0.217 e. The summed E-state index contributed by atoms with van der Waals surface area (Å²) < 4.78 is 0. The zero-order chi connectivity index (χ0) is 22.6. The summed E-state index contributed by atoms with van der Waals surface area (Å²) in [5.41, 5.74) is 0.548. The highest BCUT2D eigenvalue weighted by molar-refractivity contribution is 5.73. The first-order valence-corrected chi connectivity index (χ1v) is 11.9. The van der Waals surface area contributed by atoms with Crippen molar-refractivity contribution in [3.05, 3.63) is 17.6 Å². The molecule has 1 aliphatic heterocycles. The summed E-state index contributed by atoms with van der Waals surface area (Å²) in [6.45, 7) is 14.3. The van der Waals surface area contributed by atoms with Gasteiger partial charge in [-0.3, -0.25) is 9.69 Å². The molecule has 2 fully saturated rings. The monoisotopic (exact) mass is 431 g/mol. The van der Waals surface area contributed by atoms with Gasteiger partial charge in [0.15, 0.2) is 0 Å². The summed E-state index contributed by atoms with van der Waals surface area (Å²) in [6.07, 6.45) is 5.92. The second-order valence-electron chi connectivity index (χ2n) is 10.5. The Bertz CT molecular complexity index is 740.